The molecule has 40 heavy (non-hydrogen) atoms. The smallest absolute Gasteiger partial charge is 0.0998 e. The lowest BCUT2D eigenvalue weighted by Gasteiger charge is -2.12. The number of hydrogen-bond donors (Lipinski definition) is 0. The van der Waals surface area contributed by atoms with Crippen molar-refractivity contribution in [3.8, 4) is 67.8 Å². The summed E-state index contributed by atoms with van der Waals surface area (Å²) < 4.78 is 0. The molecule has 0 atom stereocenters. The first kappa shape index (κ1) is 24.6. The van der Waals surface area contributed by atoms with Gasteiger partial charge in [-0.2, -0.15) is 10.5 Å². The molecule has 0 unspecified atom stereocenters. The van der Waals surface area contributed by atoms with E-state index in [0.29, 0.717) is 11.1 Å². The summed E-state index contributed by atoms with van der Waals surface area (Å²) in [6.07, 6.45) is 0. The Hall–Kier alpha value is -5.70. The monoisotopic (exact) mass is 508 g/mol. The van der Waals surface area contributed by atoms with Crippen molar-refractivity contribution in [3.05, 3.63) is 157 Å². The molecule has 6 aromatic carbocycles. The lowest BCUT2D eigenvalue weighted by atomic mass is 9.91. The van der Waals surface area contributed by atoms with Crippen molar-refractivity contribution in [2.75, 3.05) is 0 Å². The molecular formula is C38H24N2. The largest absolute Gasteiger partial charge is 0.192 e. The average molecular weight is 509 g/mol. The lowest BCUT2D eigenvalue weighted by molar-refractivity contribution is 1.46. The van der Waals surface area contributed by atoms with E-state index < -0.39 is 0 Å². The Morgan fingerprint density at radius 2 is 0.775 bits per heavy atom. The number of rotatable bonds is 5. The first-order chi connectivity index (χ1) is 19.7. The van der Waals surface area contributed by atoms with Gasteiger partial charge in [0.05, 0.1) is 23.3 Å². The molecule has 0 spiro atoms. The Balaban J connectivity index is 1.37. The highest BCUT2D eigenvalue weighted by Crippen LogP contribution is 2.34. The highest BCUT2D eigenvalue weighted by atomic mass is 14.3. The SMILES string of the molecule is N#Cc1cc(-c2ccccc2)cc(-c2ccc(-c3cccc(-c4cccc(-c5ccccc5)c4)c3)cc2C#N)c1. The maximum Gasteiger partial charge on any atom is 0.0998 e. The normalized spacial score (nSPS) is 10.4. The third-order valence-corrected chi connectivity index (χ3v) is 7.12. The van der Waals surface area contributed by atoms with E-state index in [-0.39, 0.29) is 0 Å². The third-order valence-electron chi connectivity index (χ3n) is 7.12. The molecule has 0 aliphatic carbocycles. The Kier molecular flexibility index (Phi) is 6.75. The van der Waals surface area contributed by atoms with E-state index in [0.717, 1.165) is 44.5 Å². The summed E-state index contributed by atoms with van der Waals surface area (Å²) in [7, 11) is 0. The molecule has 0 amide bonds. The maximum atomic E-state index is 10.1. The Morgan fingerprint density at radius 3 is 1.32 bits per heavy atom. The van der Waals surface area contributed by atoms with Gasteiger partial charge in [-0.3, -0.25) is 0 Å². The predicted octanol–water partition coefficient (Wildman–Crippen LogP) is 9.76. The average Bonchev–Trinajstić information content (AvgIpc) is 3.05. The standard InChI is InChI=1S/C38H24N2/c39-25-27-19-35(29-11-5-2-6-12-29)24-36(20-27)38-18-17-34(23-37(38)26-40)33-16-8-15-32(22-33)31-14-7-13-30(21-31)28-9-3-1-4-10-28/h1-24H. The van der Waals surface area contributed by atoms with Crippen molar-refractivity contribution in [2.24, 2.45) is 0 Å². The van der Waals surface area contributed by atoms with Crippen LogP contribution in [0.5, 0.6) is 0 Å². The number of benzene rings is 6. The molecule has 0 aliphatic rings. The summed E-state index contributed by atoms with van der Waals surface area (Å²) in [4.78, 5) is 0. The van der Waals surface area contributed by atoms with Gasteiger partial charge in [0.15, 0.2) is 0 Å². The van der Waals surface area contributed by atoms with Crippen molar-refractivity contribution in [3.63, 3.8) is 0 Å². The van der Waals surface area contributed by atoms with Crippen LogP contribution in [0, 0.1) is 22.7 Å². The fraction of sp³-hybridized carbons (Fsp3) is 0. The summed E-state index contributed by atoms with van der Waals surface area (Å²) in [6, 6.07) is 53.8. The van der Waals surface area contributed by atoms with Gasteiger partial charge in [-0.1, -0.05) is 109 Å². The van der Waals surface area contributed by atoms with Gasteiger partial charge in [-0.25, -0.2) is 0 Å². The highest BCUT2D eigenvalue weighted by Gasteiger charge is 2.12. The van der Waals surface area contributed by atoms with E-state index in [4.69, 9.17) is 0 Å². The summed E-state index contributed by atoms with van der Waals surface area (Å²) >= 11 is 0. The van der Waals surface area contributed by atoms with Crippen molar-refractivity contribution in [1.82, 2.24) is 0 Å². The molecule has 2 heteroatoms. The topological polar surface area (TPSA) is 47.6 Å². The Morgan fingerprint density at radius 1 is 0.325 bits per heavy atom. The van der Waals surface area contributed by atoms with Gasteiger partial charge in [0.1, 0.15) is 0 Å². The van der Waals surface area contributed by atoms with Crippen LogP contribution >= 0.6 is 0 Å². The summed E-state index contributed by atoms with van der Waals surface area (Å²) in [5.74, 6) is 0. The van der Waals surface area contributed by atoms with E-state index >= 15 is 0 Å². The minimum absolute atomic E-state index is 0.565. The van der Waals surface area contributed by atoms with Crippen LogP contribution in [0.4, 0.5) is 0 Å². The van der Waals surface area contributed by atoms with Crippen LogP contribution in [0.2, 0.25) is 0 Å². The molecule has 0 radical (unpaired) electrons. The molecule has 6 rings (SSSR count). The fourth-order valence-electron chi connectivity index (χ4n) is 5.10. The van der Waals surface area contributed by atoms with Crippen LogP contribution < -0.4 is 0 Å². The minimum Gasteiger partial charge on any atom is -0.192 e. The second-order valence-corrected chi connectivity index (χ2v) is 9.68. The van der Waals surface area contributed by atoms with Gasteiger partial charge in [0.2, 0.25) is 0 Å². The molecule has 0 N–H and O–H groups in total. The van der Waals surface area contributed by atoms with Crippen LogP contribution in [0.15, 0.2) is 146 Å². The van der Waals surface area contributed by atoms with Gasteiger partial charge < -0.3 is 0 Å². The van der Waals surface area contributed by atoms with Crippen molar-refractivity contribution < 1.29 is 0 Å². The van der Waals surface area contributed by atoms with Crippen molar-refractivity contribution in [2.45, 2.75) is 0 Å². The summed E-state index contributed by atoms with van der Waals surface area (Å²) in [6.45, 7) is 0. The molecule has 6 aromatic rings. The van der Waals surface area contributed by atoms with Crippen LogP contribution in [0.25, 0.3) is 55.6 Å². The van der Waals surface area contributed by atoms with Crippen LogP contribution in [0.1, 0.15) is 11.1 Å². The minimum atomic E-state index is 0.565. The number of hydrogen-bond acceptors (Lipinski definition) is 2. The van der Waals surface area contributed by atoms with Gasteiger partial charge in [0, 0.05) is 0 Å². The third kappa shape index (κ3) is 5.03. The molecule has 186 valence electrons. The molecule has 0 heterocycles. The second kappa shape index (κ2) is 11.0. The van der Waals surface area contributed by atoms with Gasteiger partial charge in [0.25, 0.3) is 0 Å². The predicted molar refractivity (Wildman–Crippen MR) is 163 cm³/mol. The van der Waals surface area contributed by atoms with E-state index in [1.165, 1.54) is 11.1 Å². The zero-order valence-corrected chi connectivity index (χ0v) is 21.8. The molecule has 0 aliphatic heterocycles. The molecule has 0 saturated heterocycles. The zero-order chi connectivity index (χ0) is 27.3. The first-order valence-corrected chi connectivity index (χ1v) is 13.1. The summed E-state index contributed by atoms with van der Waals surface area (Å²) in [5, 5.41) is 19.8. The molecule has 0 fully saturated rings. The van der Waals surface area contributed by atoms with E-state index in [2.05, 4.69) is 91.0 Å². The summed E-state index contributed by atoms with van der Waals surface area (Å²) in [5.41, 5.74) is 11.4. The van der Waals surface area contributed by atoms with Gasteiger partial charge in [-0.05, 0) is 92.0 Å². The molecule has 0 bridgehead atoms. The van der Waals surface area contributed by atoms with Crippen LogP contribution in [-0.4, -0.2) is 0 Å². The lowest BCUT2D eigenvalue weighted by Crippen LogP contribution is -1.90. The van der Waals surface area contributed by atoms with Crippen molar-refractivity contribution in [1.29, 1.82) is 10.5 Å². The van der Waals surface area contributed by atoms with Crippen molar-refractivity contribution >= 4 is 0 Å². The van der Waals surface area contributed by atoms with E-state index in [1.807, 2.05) is 66.7 Å². The van der Waals surface area contributed by atoms with E-state index in [1.54, 1.807) is 0 Å². The fourth-order valence-corrected chi connectivity index (χ4v) is 5.10. The zero-order valence-electron chi connectivity index (χ0n) is 21.8. The molecule has 0 saturated carbocycles. The second-order valence-electron chi connectivity index (χ2n) is 9.68. The highest BCUT2D eigenvalue weighted by molar-refractivity contribution is 5.82. The Labute approximate surface area is 234 Å². The van der Waals surface area contributed by atoms with Gasteiger partial charge >= 0.3 is 0 Å². The molecule has 2 nitrogen and oxygen atoms in total. The molecular weight excluding hydrogens is 484 g/mol. The quantitative estimate of drug-likeness (QED) is 0.233. The van der Waals surface area contributed by atoms with E-state index in [9.17, 15) is 10.5 Å². The number of nitrogens with zero attached hydrogens (tertiary/aromatic N) is 2. The van der Waals surface area contributed by atoms with Crippen LogP contribution in [-0.2, 0) is 0 Å². The first-order valence-electron chi connectivity index (χ1n) is 13.1. The Bertz CT molecular complexity index is 1910. The van der Waals surface area contributed by atoms with Crippen LogP contribution in [0.3, 0.4) is 0 Å². The van der Waals surface area contributed by atoms with Gasteiger partial charge in [-0.15, -0.1) is 0 Å². The maximum absolute atomic E-state index is 10.1. The molecule has 0 aromatic heterocycles. The number of nitriles is 2.